The number of nitrogens with zero attached hydrogens (tertiary/aromatic N) is 5. The van der Waals surface area contributed by atoms with Gasteiger partial charge in [0.15, 0.2) is 0 Å². The molecule has 218 valence electrons. The molecule has 0 unspecified atom stereocenters. The van der Waals surface area contributed by atoms with Gasteiger partial charge in [-0.1, -0.05) is 36.6 Å². The van der Waals surface area contributed by atoms with Gasteiger partial charge in [0.25, 0.3) is 13.0 Å². The molecule has 9 heteroatoms. The maximum atomic E-state index is 13.7. The van der Waals surface area contributed by atoms with Crippen LogP contribution in [0.1, 0.15) is 40.0 Å². The van der Waals surface area contributed by atoms with E-state index in [-0.39, 0.29) is 12.0 Å². The Kier molecular flexibility index (Phi) is 8.76. The molecule has 0 N–H and O–H groups in total. The fourth-order valence-electron chi connectivity index (χ4n) is 4.83. The van der Waals surface area contributed by atoms with Crippen molar-refractivity contribution in [3.63, 3.8) is 0 Å². The summed E-state index contributed by atoms with van der Waals surface area (Å²) in [4.78, 5) is 24.0. The van der Waals surface area contributed by atoms with Crippen molar-refractivity contribution in [2.45, 2.75) is 64.8 Å². The molecule has 0 saturated heterocycles. The van der Waals surface area contributed by atoms with E-state index in [0.717, 1.165) is 63.5 Å². The zero-order valence-electron chi connectivity index (χ0n) is 25.5. The molecule has 0 spiro atoms. The van der Waals surface area contributed by atoms with Crippen LogP contribution in [0.4, 0.5) is 0 Å². The lowest BCUT2D eigenvalue weighted by Crippen LogP contribution is -2.27. The first-order chi connectivity index (χ1) is 20.1. The number of carbonyl (C=O) groups is 1. The quantitative estimate of drug-likeness (QED) is 0.143. The Balaban J connectivity index is 1.38. The molecule has 0 bridgehead atoms. The number of fused-ring (bicyclic) bond motifs is 1. The van der Waals surface area contributed by atoms with Gasteiger partial charge >= 0.3 is 6.07 Å². The number of benzene rings is 2. The molecule has 8 nitrogen and oxygen atoms in total. The fraction of sp³-hybridized carbons (Fsp3) is 0.394. The number of amides is 1. The van der Waals surface area contributed by atoms with E-state index < -0.39 is 8.07 Å². The summed E-state index contributed by atoms with van der Waals surface area (Å²) in [7, 11) is 2.34. The van der Waals surface area contributed by atoms with Gasteiger partial charge < -0.3 is 14.4 Å². The summed E-state index contributed by atoms with van der Waals surface area (Å²) in [6.07, 6.45) is 5.93. The number of rotatable bonds is 11. The van der Waals surface area contributed by atoms with Gasteiger partial charge in [0.05, 0.1) is 17.8 Å². The number of carbonyl (C=O) groups excluding carboxylic acids is 1. The molecule has 0 atom stereocenters. The van der Waals surface area contributed by atoms with Crippen LogP contribution in [0.3, 0.4) is 0 Å². The first-order valence-electron chi connectivity index (χ1n) is 14.5. The maximum absolute atomic E-state index is 13.7. The van der Waals surface area contributed by atoms with Crippen molar-refractivity contribution in [3.8, 4) is 22.9 Å². The van der Waals surface area contributed by atoms with E-state index >= 15 is 0 Å². The summed E-state index contributed by atoms with van der Waals surface area (Å²) in [6.45, 7) is 10.5. The highest BCUT2D eigenvalue weighted by Crippen LogP contribution is 2.36. The van der Waals surface area contributed by atoms with Crippen LogP contribution < -0.4 is 4.74 Å². The van der Waals surface area contributed by atoms with E-state index in [2.05, 4.69) is 40.6 Å². The summed E-state index contributed by atoms with van der Waals surface area (Å²) in [6, 6.07) is 17.8. The predicted molar refractivity (Wildman–Crippen MR) is 170 cm³/mol. The summed E-state index contributed by atoms with van der Waals surface area (Å²) in [5.41, 5.74) is 6.20. The van der Waals surface area contributed by atoms with E-state index in [0.29, 0.717) is 25.4 Å². The average molecular weight is 583 g/mol. The average Bonchev–Trinajstić information content (AvgIpc) is 3.67. The van der Waals surface area contributed by atoms with E-state index in [4.69, 9.17) is 9.47 Å². The van der Waals surface area contributed by atoms with Crippen LogP contribution in [0.25, 0.3) is 26.9 Å². The molecule has 5 rings (SSSR count). The van der Waals surface area contributed by atoms with Gasteiger partial charge in [-0.15, -0.1) is 0 Å². The Labute approximate surface area is 249 Å². The minimum Gasteiger partial charge on any atom is -0.490 e. The van der Waals surface area contributed by atoms with Crippen molar-refractivity contribution in [2.24, 2.45) is 0 Å². The highest BCUT2D eigenvalue weighted by atomic mass is 28.3. The van der Waals surface area contributed by atoms with Crippen molar-refractivity contribution in [3.05, 3.63) is 82.1 Å². The van der Waals surface area contributed by atoms with E-state index in [1.807, 2.05) is 73.5 Å². The smallest absolute Gasteiger partial charge is 0.310 e. The number of hydrogen-bond acceptors (Lipinski definition) is 5. The monoisotopic (exact) mass is 582 g/mol. The normalized spacial score (nSPS) is 13.1. The van der Waals surface area contributed by atoms with Gasteiger partial charge in [0.1, 0.15) is 18.0 Å². The second-order valence-corrected chi connectivity index (χ2v) is 17.9. The third-order valence-corrected chi connectivity index (χ3v) is 9.08. The molecule has 1 fully saturated rings. The minimum absolute atomic E-state index is 0.0893. The SMILES string of the molecule is C[N+]#Cc1cccc(-c2ccc(C(=O)N(C)Cc3cnc(C)c4cnn(COCC[Si](C)(C)C)c34)cc2OC2CC2)c1. The number of aryl methyl sites for hydroxylation is 1. The molecule has 4 aromatic rings. The van der Waals surface area contributed by atoms with E-state index in [1.165, 1.54) is 0 Å². The molecule has 1 aliphatic rings. The summed E-state index contributed by atoms with van der Waals surface area (Å²) in [5.74, 6) is 0.629. The Morgan fingerprint density at radius 2 is 1.98 bits per heavy atom. The lowest BCUT2D eigenvalue weighted by Gasteiger charge is -2.20. The molecule has 2 aromatic carbocycles. The Morgan fingerprint density at radius 3 is 2.71 bits per heavy atom. The molecule has 1 amide bonds. The molecule has 42 heavy (non-hydrogen) atoms. The lowest BCUT2D eigenvalue weighted by atomic mass is 10.00. The molecule has 2 heterocycles. The number of hydrogen-bond donors (Lipinski definition) is 0. The summed E-state index contributed by atoms with van der Waals surface area (Å²) < 4.78 is 14.2. The zero-order valence-corrected chi connectivity index (χ0v) is 26.5. The summed E-state index contributed by atoms with van der Waals surface area (Å²) >= 11 is 0. The van der Waals surface area contributed by atoms with E-state index in [9.17, 15) is 4.79 Å². The number of aromatic nitrogens is 3. The molecule has 0 radical (unpaired) electrons. The van der Waals surface area contributed by atoms with Crippen molar-refractivity contribution >= 4 is 24.9 Å². The zero-order chi connectivity index (χ0) is 29.9. The molecule has 1 aliphatic carbocycles. The van der Waals surface area contributed by atoms with Crippen LogP contribution in [0.5, 0.6) is 5.75 Å². The van der Waals surface area contributed by atoms with Crippen LogP contribution in [-0.2, 0) is 18.0 Å². The maximum Gasteiger partial charge on any atom is 0.310 e. The predicted octanol–water partition coefficient (Wildman–Crippen LogP) is 6.84. The van der Waals surface area contributed by atoms with Gasteiger partial charge in [0.2, 0.25) is 0 Å². The van der Waals surface area contributed by atoms with Gasteiger partial charge in [-0.2, -0.15) is 5.10 Å². The van der Waals surface area contributed by atoms with Crippen molar-refractivity contribution in [1.29, 1.82) is 0 Å². The van der Waals surface area contributed by atoms with E-state index in [1.54, 1.807) is 11.9 Å². The fourth-order valence-corrected chi connectivity index (χ4v) is 5.58. The molecule has 2 aromatic heterocycles. The molecule has 1 saturated carbocycles. The highest BCUT2D eigenvalue weighted by Gasteiger charge is 2.26. The third-order valence-electron chi connectivity index (χ3n) is 7.37. The number of ether oxygens (including phenoxy) is 2. The highest BCUT2D eigenvalue weighted by molar-refractivity contribution is 6.76. The minimum atomic E-state index is -1.18. The van der Waals surface area contributed by atoms with Gasteiger partial charge in [-0.05, 0) is 61.7 Å². The Morgan fingerprint density at radius 1 is 1.17 bits per heavy atom. The van der Waals surface area contributed by atoms with Crippen molar-refractivity contribution < 1.29 is 14.3 Å². The second-order valence-electron chi connectivity index (χ2n) is 12.2. The van der Waals surface area contributed by atoms with Crippen LogP contribution in [0.2, 0.25) is 25.7 Å². The van der Waals surface area contributed by atoms with Crippen LogP contribution in [-0.4, -0.2) is 60.5 Å². The van der Waals surface area contributed by atoms with Crippen molar-refractivity contribution in [1.82, 2.24) is 19.7 Å². The lowest BCUT2D eigenvalue weighted by molar-refractivity contribution is 0.0781. The third kappa shape index (κ3) is 7.06. The second kappa shape index (κ2) is 12.5. The topological polar surface area (TPSA) is 73.8 Å². The van der Waals surface area contributed by atoms with Crippen molar-refractivity contribution in [2.75, 3.05) is 20.7 Å². The molecular weight excluding hydrogens is 542 g/mol. The summed E-state index contributed by atoms with van der Waals surface area (Å²) in [5, 5.41) is 5.57. The van der Waals surface area contributed by atoms with Crippen LogP contribution in [0.15, 0.2) is 54.9 Å². The largest absolute Gasteiger partial charge is 0.490 e. The van der Waals surface area contributed by atoms with Gasteiger partial charge in [-0.3, -0.25) is 9.78 Å². The van der Waals surface area contributed by atoms with Crippen LogP contribution >= 0.6 is 0 Å². The van der Waals surface area contributed by atoms with Gasteiger partial charge in [-0.25, -0.2) is 4.68 Å². The van der Waals surface area contributed by atoms with Gasteiger partial charge in [0, 0.05) is 62.2 Å². The molecular formula is C33H40N5O3Si+. The standard InChI is InChI=1S/C33H40N5O3Si/c1-23-30-20-36-38(22-40-14-15-42(4,5)6)32(30)27(19-35-23)21-37(3)33(39)26-10-13-29(31(17-26)41-28-11-12-28)25-9-7-8-24(16-25)18-34-2/h7-10,13,16-17,19-20,28H,11-12,14-15,21-22H2,1-6H3/q+1. The first kappa shape index (κ1) is 29.5. The van der Waals surface area contributed by atoms with Crippen LogP contribution in [0, 0.1) is 13.0 Å². The first-order valence-corrected chi connectivity index (χ1v) is 18.2. The Hall–Kier alpha value is -4.00. The molecule has 0 aliphatic heterocycles. The number of pyridine rings is 1. The Bertz CT molecular complexity index is 1660.